The summed E-state index contributed by atoms with van der Waals surface area (Å²) < 4.78 is 11.6. The maximum Gasteiger partial charge on any atom is 0.365 e. The second kappa shape index (κ2) is 2.75. The molecule has 0 aromatic heterocycles. The van der Waals surface area contributed by atoms with Gasteiger partial charge in [0.2, 0.25) is 5.83 Å². The van der Waals surface area contributed by atoms with E-state index in [-0.39, 0.29) is 0 Å². The molecule has 0 heterocycles. The van der Waals surface area contributed by atoms with Crippen LogP contribution in [0.1, 0.15) is 0 Å². The Bertz CT molecular complexity index is 167. The predicted octanol–water partition coefficient (Wildman–Crippen LogP) is 0.448. The maximum absolute atomic E-state index is 11.6. The molecule has 0 amide bonds. The lowest BCUT2D eigenvalue weighted by Crippen LogP contribution is -1.93. The molecular weight excluding hydrogens is 113 g/mol. The van der Waals surface area contributed by atoms with Gasteiger partial charge < -0.3 is 5.11 Å². The van der Waals surface area contributed by atoms with Crippen LogP contribution in [0.25, 0.3) is 0 Å². The third-order valence-electron chi connectivity index (χ3n) is 0.396. The predicted molar refractivity (Wildman–Crippen MR) is 22.4 cm³/mol. The molecule has 1 N–H and O–H groups in total. The van der Waals surface area contributed by atoms with Crippen LogP contribution in [0.3, 0.4) is 0 Å². The third kappa shape index (κ3) is 1.92. The second-order valence-electron chi connectivity index (χ2n) is 0.927. The van der Waals surface area contributed by atoms with Crippen LogP contribution in [0.4, 0.5) is 4.39 Å². The van der Waals surface area contributed by atoms with Gasteiger partial charge in [-0.05, 0) is 0 Å². The fraction of sp³-hybridized carbons (Fsp3) is 0. The molecule has 3 nitrogen and oxygen atoms in total. The number of carboxylic acid groups (broad SMARTS) is 1. The molecule has 4 heteroatoms. The zero-order chi connectivity index (χ0) is 6.57. The standard InChI is InChI=1S/C4H2FNO2/c5-3(1-2-6)4(7)8/h1H,(H,7,8)/b3-1-. The molecule has 0 spiro atoms. The third-order valence-corrected chi connectivity index (χ3v) is 0.396. The first-order chi connectivity index (χ1) is 3.68. The van der Waals surface area contributed by atoms with Crippen LogP contribution in [0.5, 0.6) is 0 Å². The average molecular weight is 115 g/mol. The number of nitriles is 1. The summed E-state index contributed by atoms with van der Waals surface area (Å²) in [6.07, 6.45) is 0.322. The van der Waals surface area contributed by atoms with Crippen molar-refractivity contribution >= 4 is 5.97 Å². The number of nitrogens with zero attached hydrogens (tertiary/aromatic N) is 1. The van der Waals surface area contributed by atoms with E-state index in [1.807, 2.05) is 0 Å². The normalized spacial score (nSPS) is 10.2. The van der Waals surface area contributed by atoms with Crippen LogP contribution in [-0.2, 0) is 4.79 Å². The molecule has 0 aliphatic carbocycles. The van der Waals surface area contributed by atoms with Crippen molar-refractivity contribution in [2.24, 2.45) is 0 Å². The SMILES string of the molecule is N#C/C=C(\F)C(=O)O. The first-order valence-electron chi connectivity index (χ1n) is 1.67. The van der Waals surface area contributed by atoms with E-state index in [2.05, 4.69) is 0 Å². The molecule has 0 unspecified atom stereocenters. The highest BCUT2D eigenvalue weighted by atomic mass is 19.1. The molecule has 0 atom stereocenters. The van der Waals surface area contributed by atoms with E-state index in [4.69, 9.17) is 10.4 Å². The zero-order valence-corrected chi connectivity index (χ0v) is 3.76. The Morgan fingerprint density at radius 3 is 2.50 bits per heavy atom. The van der Waals surface area contributed by atoms with Gasteiger partial charge >= 0.3 is 5.97 Å². The molecule has 0 rings (SSSR count). The van der Waals surface area contributed by atoms with Crippen LogP contribution in [-0.4, -0.2) is 11.1 Å². The second-order valence-corrected chi connectivity index (χ2v) is 0.927. The van der Waals surface area contributed by atoms with Gasteiger partial charge in [-0.2, -0.15) is 9.65 Å². The van der Waals surface area contributed by atoms with Crippen molar-refractivity contribution < 1.29 is 14.3 Å². The summed E-state index contributed by atoms with van der Waals surface area (Å²) in [4.78, 5) is 9.49. The van der Waals surface area contributed by atoms with Crippen LogP contribution in [0.2, 0.25) is 0 Å². The van der Waals surface area contributed by atoms with Crippen LogP contribution < -0.4 is 0 Å². The Balaban J connectivity index is 4.06. The van der Waals surface area contributed by atoms with E-state index in [1.165, 1.54) is 6.07 Å². The molecule has 0 bridgehead atoms. The summed E-state index contributed by atoms with van der Waals surface area (Å²) in [5.41, 5.74) is 0. The molecule has 0 aromatic rings. The summed E-state index contributed by atoms with van der Waals surface area (Å²) in [7, 11) is 0. The first kappa shape index (κ1) is 6.63. The molecule has 42 valence electrons. The van der Waals surface area contributed by atoms with Gasteiger partial charge in [0.1, 0.15) is 0 Å². The number of rotatable bonds is 1. The Morgan fingerprint density at radius 1 is 1.88 bits per heavy atom. The smallest absolute Gasteiger partial charge is 0.365 e. The number of halogens is 1. The summed E-state index contributed by atoms with van der Waals surface area (Å²) in [5.74, 6) is -3.15. The van der Waals surface area contributed by atoms with Gasteiger partial charge in [-0.15, -0.1) is 0 Å². The molecule has 0 radical (unpaired) electrons. The Kier molecular flexibility index (Phi) is 2.28. The van der Waals surface area contributed by atoms with Gasteiger partial charge in [-0.3, -0.25) is 0 Å². The van der Waals surface area contributed by atoms with Crippen molar-refractivity contribution in [3.63, 3.8) is 0 Å². The first-order valence-corrected chi connectivity index (χ1v) is 1.67. The highest BCUT2D eigenvalue weighted by Crippen LogP contribution is 1.92. The Labute approximate surface area is 44.7 Å². The van der Waals surface area contributed by atoms with E-state index >= 15 is 0 Å². The topological polar surface area (TPSA) is 61.1 Å². The fourth-order valence-corrected chi connectivity index (χ4v) is 0.118. The van der Waals surface area contributed by atoms with Crippen LogP contribution >= 0.6 is 0 Å². The number of aliphatic carboxylic acids is 1. The monoisotopic (exact) mass is 115 g/mol. The fourth-order valence-electron chi connectivity index (χ4n) is 0.118. The molecule has 0 saturated carbocycles. The molecule has 0 saturated heterocycles. The number of carbonyl (C=O) groups is 1. The zero-order valence-electron chi connectivity index (χ0n) is 3.76. The molecule has 8 heavy (non-hydrogen) atoms. The Morgan fingerprint density at radius 2 is 2.38 bits per heavy atom. The quantitative estimate of drug-likeness (QED) is 0.398. The van der Waals surface area contributed by atoms with Gasteiger partial charge in [-0.25, -0.2) is 4.79 Å². The summed E-state index contributed by atoms with van der Waals surface area (Å²) in [6, 6.07) is 1.23. The molecule has 0 aliphatic heterocycles. The molecular formula is C4H2FNO2. The summed E-state index contributed by atoms with van der Waals surface area (Å²) in [5, 5.41) is 15.4. The number of carboxylic acids is 1. The minimum absolute atomic E-state index is 0.322. The van der Waals surface area contributed by atoms with E-state index in [9.17, 15) is 9.18 Å². The lowest BCUT2D eigenvalue weighted by molar-refractivity contribution is -0.134. The van der Waals surface area contributed by atoms with E-state index in [0.29, 0.717) is 6.08 Å². The maximum atomic E-state index is 11.6. The molecule has 0 aromatic carbocycles. The summed E-state index contributed by atoms with van der Waals surface area (Å²) in [6.45, 7) is 0. The average Bonchev–Trinajstić information content (AvgIpc) is 1.67. The van der Waals surface area contributed by atoms with Crippen molar-refractivity contribution in [3.8, 4) is 6.07 Å². The lowest BCUT2D eigenvalue weighted by Gasteiger charge is -1.78. The Hall–Kier alpha value is -1.37. The van der Waals surface area contributed by atoms with Crippen molar-refractivity contribution in [3.05, 3.63) is 11.9 Å². The molecule has 0 aliphatic rings. The number of hydrogen-bond acceptors (Lipinski definition) is 2. The van der Waals surface area contributed by atoms with Crippen molar-refractivity contribution in [2.75, 3.05) is 0 Å². The van der Waals surface area contributed by atoms with Gasteiger partial charge in [-0.1, -0.05) is 0 Å². The number of hydrogen-bond donors (Lipinski definition) is 1. The van der Waals surface area contributed by atoms with E-state index in [0.717, 1.165) is 0 Å². The minimum atomic E-state index is -1.72. The highest BCUT2D eigenvalue weighted by Gasteiger charge is 2.01. The number of allylic oxidation sites excluding steroid dienone is 1. The largest absolute Gasteiger partial charge is 0.476 e. The molecule has 0 fully saturated rings. The van der Waals surface area contributed by atoms with Crippen molar-refractivity contribution in [1.29, 1.82) is 5.26 Å². The minimum Gasteiger partial charge on any atom is -0.476 e. The van der Waals surface area contributed by atoms with Crippen LogP contribution in [0.15, 0.2) is 11.9 Å². The summed E-state index contributed by atoms with van der Waals surface area (Å²) >= 11 is 0. The lowest BCUT2D eigenvalue weighted by atomic mass is 10.5. The van der Waals surface area contributed by atoms with E-state index < -0.39 is 11.8 Å². The van der Waals surface area contributed by atoms with Gasteiger partial charge in [0, 0.05) is 0 Å². The van der Waals surface area contributed by atoms with Gasteiger partial charge in [0.25, 0.3) is 0 Å². The van der Waals surface area contributed by atoms with E-state index in [1.54, 1.807) is 0 Å². The van der Waals surface area contributed by atoms with Gasteiger partial charge in [0.05, 0.1) is 12.1 Å². The highest BCUT2D eigenvalue weighted by molar-refractivity contribution is 5.84. The van der Waals surface area contributed by atoms with Crippen molar-refractivity contribution in [1.82, 2.24) is 0 Å². The van der Waals surface area contributed by atoms with Crippen LogP contribution in [0, 0.1) is 11.3 Å². The van der Waals surface area contributed by atoms with Crippen molar-refractivity contribution in [2.45, 2.75) is 0 Å². The van der Waals surface area contributed by atoms with Gasteiger partial charge in [0.15, 0.2) is 0 Å².